The minimum absolute atomic E-state index is 0.0141. The lowest BCUT2D eigenvalue weighted by atomic mass is 9.90. The molecule has 0 unspecified atom stereocenters. The van der Waals surface area contributed by atoms with Gasteiger partial charge in [0.2, 0.25) is 0 Å². The molecule has 1 aromatic carbocycles. The third-order valence-corrected chi connectivity index (χ3v) is 7.88. The number of aromatic nitrogens is 4. The van der Waals surface area contributed by atoms with E-state index in [0.29, 0.717) is 18.3 Å². The molecule has 236 valence electrons. The molecule has 0 atom stereocenters. The highest BCUT2D eigenvalue weighted by Gasteiger charge is 2.31. The number of anilines is 2. The van der Waals surface area contributed by atoms with Crippen LogP contribution in [0, 0.1) is 0 Å². The number of carboxylic acids is 2. The van der Waals surface area contributed by atoms with Gasteiger partial charge < -0.3 is 20.8 Å². The van der Waals surface area contributed by atoms with Gasteiger partial charge in [-0.25, -0.2) is 19.7 Å². The van der Waals surface area contributed by atoms with Crippen molar-refractivity contribution in [3.8, 4) is 11.3 Å². The van der Waals surface area contributed by atoms with E-state index in [-0.39, 0.29) is 11.9 Å². The number of nitrogens with two attached hydrogens (primary N) is 1. The van der Waals surface area contributed by atoms with Crippen molar-refractivity contribution in [2.45, 2.75) is 65.0 Å². The monoisotopic (exact) mass is 607 g/mol. The third-order valence-electron chi connectivity index (χ3n) is 7.88. The number of amides is 1. The van der Waals surface area contributed by atoms with Gasteiger partial charge in [0.25, 0.3) is 17.8 Å². The number of nitrogen functional groups attached to an aromatic ring is 1. The van der Waals surface area contributed by atoms with Crippen LogP contribution in [-0.2, 0) is 14.4 Å². The Morgan fingerprint density at radius 2 is 1.48 bits per heavy atom. The molecule has 6 rings (SSSR count). The molecule has 1 saturated carbocycles. The fraction of sp³-hybridized carbons (Fsp3) is 0.500. The van der Waals surface area contributed by atoms with Crippen LogP contribution in [0.15, 0.2) is 35.7 Å². The Morgan fingerprint density at radius 1 is 0.909 bits per heavy atom. The van der Waals surface area contributed by atoms with Crippen molar-refractivity contribution in [2.75, 3.05) is 44.0 Å². The van der Waals surface area contributed by atoms with E-state index in [1.54, 1.807) is 0 Å². The second kappa shape index (κ2) is 14.4. The molecule has 44 heavy (non-hydrogen) atoms. The summed E-state index contributed by atoms with van der Waals surface area (Å²) in [5, 5.41) is 26.5. The van der Waals surface area contributed by atoms with Crippen molar-refractivity contribution in [3.63, 3.8) is 0 Å². The number of likely N-dealkylation sites (N-methyl/N-ethyl adjacent to an activating group) is 1. The number of piperazine rings is 1. The zero-order chi connectivity index (χ0) is 32.0. The highest BCUT2D eigenvalue weighted by molar-refractivity contribution is 6.12. The van der Waals surface area contributed by atoms with Crippen LogP contribution >= 0.6 is 0 Å². The third kappa shape index (κ3) is 7.94. The van der Waals surface area contributed by atoms with Gasteiger partial charge in [0.05, 0.1) is 23.5 Å². The topological polar surface area (TPSA) is 183 Å². The van der Waals surface area contributed by atoms with Crippen molar-refractivity contribution < 1.29 is 24.6 Å². The van der Waals surface area contributed by atoms with Gasteiger partial charge in [0.15, 0.2) is 5.65 Å². The van der Waals surface area contributed by atoms with E-state index in [0.717, 1.165) is 86.6 Å². The Balaban J connectivity index is 0.000000496. The molecule has 3 aliphatic rings. The molecule has 0 bridgehead atoms. The SMILES string of the molecule is CC(=O)O.CC(=O)O.CC1=NN(c2ccc(-c3nn(C4CCC(N5CCN(C)CC5)CC4)c4ncnc(N)c34)cc2)C(=O)C1. The molecular formula is C30H41N9O5. The summed E-state index contributed by atoms with van der Waals surface area (Å²) in [6.07, 6.45) is 6.38. The molecule has 1 saturated heterocycles. The smallest absolute Gasteiger partial charge is 0.300 e. The summed E-state index contributed by atoms with van der Waals surface area (Å²) in [5.74, 6) is -1.24. The van der Waals surface area contributed by atoms with Gasteiger partial charge >= 0.3 is 0 Å². The Bertz CT molecular complexity index is 1490. The number of rotatable bonds is 4. The second-order valence-corrected chi connectivity index (χ2v) is 11.4. The number of fused-ring (bicyclic) bond motifs is 1. The first-order chi connectivity index (χ1) is 20.9. The summed E-state index contributed by atoms with van der Waals surface area (Å²) in [7, 11) is 2.20. The van der Waals surface area contributed by atoms with Gasteiger partial charge in [0.1, 0.15) is 17.8 Å². The van der Waals surface area contributed by atoms with Gasteiger partial charge in [0, 0.05) is 57.3 Å². The second-order valence-electron chi connectivity index (χ2n) is 11.4. The average Bonchev–Trinajstić information content (AvgIpc) is 3.53. The van der Waals surface area contributed by atoms with Crippen molar-refractivity contribution in [1.29, 1.82) is 0 Å². The lowest BCUT2D eigenvalue weighted by molar-refractivity contribution is -0.135. The highest BCUT2D eigenvalue weighted by Crippen LogP contribution is 2.37. The molecule has 14 nitrogen and oxygen atoms in total. The maximum absolute atomic E-state index is 12.2. The van der Waals surface area contributed by atoms with E-state index in [2.05, 4.69) is 36.6 Å². The standard InChI is InChI=1S/C26H33N9O.2C2H4O2/c1-17-15-22(36)34(30-17)20-5-3-18(4-6-20)24-23-25(27)28-16-29-26(23)35(31-24)21-9-7-19(8-10-21)33-13-11-32(2)12-14-33;2*1-2(3)4/h3-6,16,19,21H,7-15H2,1-2H3,(H2,27,28,29);2*1H3,(H,3,4). The van der Waals surface area contributed by atoms with E-state index in [9.17, 15) is 4.79 Å². The summed E-state index contributed by atoms with van der Waals surface area (Å²) in [6, 6.07) is 8.69. The number of carbonyl (C=O) groups is 3. The van der Waals surface area contributed by atoms with Crippen LogP contribution in [0.4, 0.5) is 11.5 Å². The van der Waals surface area contributed by atoms with E-state index >= 15 is 0 Å². The molecule has 1 amide bonds. The normalized spacial score (nSPS) is 20.8. The molecule has 1 aliphatic carbocycles. The minimum Gasteiger partial charge on any atom is -0.481 e. The van der Waals surface area contributed by atoms with Crippen molar-refractivity contribution in [1.82, 2.24) is 29.5 Å². The minimum atomic E-state index is -0.833. The zero-order valence-corrected chi connectivity index (χ0v) is 25.7. The number of nitrogens with zero attached hydrogens (tertiary/aromatic N) is 8. The van der Waals surface area contributed by atoms with E-state index < -0.39 is 11.9 Å². The zero-order valence-electron chi connectivity index (χ0n) is 25.7. The number of carboxylic acid groups (broad SMARTS) is 2. The first-order valence-electron chi connectivity index (χ1n) is 14.7. The number of hydrogen-bond acceptors (Lipinski definition) is 10. The van der Waals surface area contributed by atoms with Crippen LogP contribution in [0.1, 0.15) is 58.9 Å². The predicted molar refractivity (Wildman–Crippen MR) is 167 cm³/mol. The molecule has 2 fully saturated rings. The molecule has 0 spiro atoms. The first kappa shape index (κ1) is 32.5. The Labute approximate surface area is 256 Å². The average molecular weight is 608 g/mol. The summed E-state index contributed by atoms with van der Waals surface area (Å²) >= 11 is 0. The van der Waals surface area contributed by atoms with Crippen molar-refractivity contribution in [2.24, 2.45) is 5.10 Å². The van der Waals surface area contributed by atoms with E-state index in [1.165, 1.54) is 24.2 Å². The molecule has 2 aliphatic heterocycles. The van der Waals surface area contributed by atoms with Gasteiger partial charge in [-0.05, 0) is 51.8 Å². The van der Waals surface area contributed by atoms with Crippen molar-refractivity contribution in [3.05, 3.63) is 30.6 Å². The summed E-state index contributed by atoms with van der Waals surface area (Å²) in [6.45, 7) is 8.66. The number of hydrogen-bond donors (Lipinski definition) is 3. The lowest BCUT2D eigenvalue weighted by Crippen LogP contribution is -2.49. The van der Waals surface area contributed by atoms with E-state index in [1.807, 2.05) is 31.2 Å². The molecule has 2 aromatic heterocycles. The quantitative estimate of drug-likeness (QED) is 0.396. The Kier molecular flexibility index (Phi) is 10.6. The largest absolute Gasteiger partial charge is 0.481 e. The summed E-state index contributed by atoms with van der Waals surface area (Å²) < 4.78 is 2.08. The number of hydrazone groups is 1. The Morgan fingerprint density at radius 3 is 2.02 bits per heavy atom. The van der Waals surface area contributed by atoms with Crippen molar-refractivity contribution >= 4 is 46.1 Å². The van der Waals surface area contributed by atoms with Crippen LogP contribution in [-0.4, -0.2) is 103 Å². The van der Waals surface area contributed by atoms with Crippen LogP contribution in [0.5, 0.6) is 0 Å². The van der Waals surface area contributed by atoms with Gasteiger partial charge in [-0.3, -0.25) is 19.3 Å². The predicted octanol–water partition coefficient (Wildman–Crippen LogP) is 3.10. The summed E-state index contributed by atoms with van der Waals surface area (Å²) in [5.41, 5.74) is 10.4. The molecule has 14 heteroatoms. The lowest BCUT2D eigenvalue weighted by Gasteiger charge is -2.41. The van der Waals surface area contributed by atoms with Gasteiger partial charge in [-0.2, -0.15) is 10.2 Å². The molecule has 4 N–H and O–H groups in total. The first-order valence-corrected chi connectivity index (χ1v) is 14.7. The highest BCUT2D eigenvalue weighted by atomic mass is 16.4. The molecular weight excluding hydrogens is 566 g/mol. The van der Waals surface area contributed by atoms with Gasteiger partial charge in [-0.1, -0.05) is 12.1 Å². The Hall–Kier alpha value is -4.43. The maximum Gasteiger partial charge on any atom is 0.300 e. The van der Waals surface area contributed by atoms with Crippen LogP contribution in [0.2, 0.25) is 0 Å². The van der Waals surface area contributed by atoms with Crippen LogP contribution < -0.4 is 10.7 Å². The number of benzene rings is 1. The van der Waals surface area contributed by atoms with Gasteiger partial charge in [-0.15, -0.1) is 0 Å². The van der Waals surface area contributed by atoms with Crippen LogP contribution in [0.3, 0.4) is 0 Å². The maximum atomic E-state index is 12.2. The fourth-order valence-electron chi connectivity index (χ4n) is 5.82. The van der Waals surface area contributed by atoms with E-state index in [4.69, 9.17) is 30.6 Å². The number of carbonyl (C=O) groups excluding carboxylic acids is 1. The van der Waals surface area contributed by atoms with Crippen LogP contribution in [0.25, 0.3) is 22.3 Å². The molecule has 0 radical (unpaired) electrons. The summed E-state index contributed by atoms with van der Waals surface area (Å²) in [4.78, 5) is 44.2. The molecule has 3 aromatic rings. The fourth-order valence-corrected chi connectivity index (χ4v) is 5.82. The number of aliphatic carboxylic acids is 2. The molecule has 4 heterocycles.